The summed E-state index contributed by atoms with van der Waals surface area (Å²) in [6.07, 6.45) is 0.385. The molecule has 0 aliphatic carbocycles. The number of nitrogens with zero attached hydrogens (tertiary/aromatic N) is 1. The van der Waals surface area contributed by atoms with Crippen molar-refractivity contribution in [2.45, 2.75) is 13.3 Å². The molecule has 3 nitrogen and oxygen atoms in total. The molecule has 2 aromatic rings. The van der Waals surface area contributed by atoms with Crippen molar-refractivity contribution in [2.75, 3.05) is 6.54 Å². The summed E-state index contributed by atoms with van der Waals surface area (Å²) in [5.41, 5.74) is 7.50. The van der Waals surface area contributed by atoms with Gasteiger partial charge in [0, 0.05) is 23.4 Å². The van der Waals surface area contributed by atoms with Crippen LogP contribution in [-0.4, -0.2) is 17.3 Å². The molecule has 2 rings (SSSR count). The van der Waals surface area contributed by atoms with E-state index in [0.29, 0.717) is 13.0 Å². The Bertz CT molecular complexity index is 522. The SMILES string of the molecule is CC(CN)C(=O)Cc1nc(-c2ccccc2)cs1. The molecular formula is C14H16N2OS. The highest BCUT2D eigenvalue weighted by Gasteiger charge is 2.14. The van der Waals surface area contributed by atoms with E-state index in [0.717, 1.165) is 16.3 Å². The second-order valence-electron chi connectivity index (χ2n) is 4.27. The molecule has 0 spiro atoms. The average Bonchev–Trinajstić information content (AvgIpc) is 2.87. The Hall–Kier alpha value is -1.52. The lowest BCUT2D eigenvalue weighted by molar-refractivity contribution is -0.121. The average molecular weight is 260 g/mol. The number of nitrogens with two attached hydrogens (primary N) is 1. The molecule has 0 radical (unpaired) electrons. The molecule has 1 aromatic heterocycles. The minimum absolute atomic E-state index is 0.0888. The molecule has 0 saturated carbocycles. The van der Waals surface area contributed by atoms with E-state index in [1.807, 2.05) is 42.6 Å². The summed E-state index contributed by atoms with van der Waals surface area (Å²) < 4.78 is 0. The third-order valence-corrected chi connectivity index (χ3v) is 3.70. The first kappa shape index (κ1) is 12.9. The van der Waals surface area contributed by atoms with E-state index >= 15 is 0 Å². The Kier molecular flexibility index (Phi) is 4.23. The standard InChI is InChI=1S/C14H16N2OS/c1-10(8-15)13(17)7-14-16-12(9-18-14)11-5-3-2-4-6-11/h2-6,9-10H,7-8,15H2,1H3. The van der Waals surface area contributed by atoms with E-state index in [9.17, 15) is 4.79 Å². The second kappa shape index (κ2) is 5.89. The van der Waals surface area contributed by atoms with Crippen molar-refractivity contribution in [3.63, 3.8) is 0 Å². The Morgan fingerprint density at radius 2 is 2.11 bits per heavy atom. The highest BCUT2D eigenvalue weighted by Crippen LogP contribution is 2.22. The van der Waals surface area contributed by atoms with Crippen LogP contribution in [0.1, 0.15) is 11.9 Å². The van der Waals surface area contributed by atoms with Gasteiger partial charge >= 0.3 is 0 Å². The number of carbonyl (C=O) groups excluding carboxylic acids is 1. The van der Waals surface area contributed by atoms with Gasteiger partial charge in [-0.1, -0.05) is 37.3 Å². The molecule has 1 heterocycles. The Morgan fingerprint density at radius 3 is 2.78 bits per heavy atom. The summed E-state index contributed by atoms with van der Waals surface area (Å²) in [5.74, 6) is 0.0699. The van der Waals surface area contributed by atoms with E-state index in [1.54, 1.807) is 0 Å². The van der Waals surface area contributed by atoms with Crippen LogP contribution in [0.2, 0.25) is 0 Å². The van der Waals surface area contributed by atoms with Crippen LogP contribution in [0.4, 0.5) is 0 Å². The fourth-order valence-corrected chi connectivity index (χ4v) is 2.40. The first-order valence-corrected chi connectivity index (χ1v) is 6.81. The molecular weight excluding hydrogens is 244 g/mol. The summed E-state index contributed by atoms with van der Waals surface area (Å²) in [5, 5.41) is 2.85. The molecule has 0 aliphatic rings. The molecule has 0 aliphatic heterocycles. The highest BCUT2D eigenvalue weighted by molar-refractivity contribution is 7.10. The smallest absolute Gasteiger partial charge is 0.143 e. The number of Topliss-reactive ketones (excluding diaryl/α,β-unsaturated/α-hetero) is 1. The third kappa shape index (κ3) is 3.03. The predicted molar refractivity (Wildman–Crippen MR) is 74.5 cm³/mol. The van der Waals surface area contributed by atoms with Crippen molar-refractivity contribution < 1.29 is 4.79 Å². The van der Waals surface area contributed by atoms with Crippen LogP contribution in [0.25, 0.3) is 11.3 Å². The monoisotopic (exact) mass is 260 g/mol. The maximum Gasteiger partial charge on any atom is 0.143 e. The van der Waals surface area contributed by atoms with Crippen molar-refractivity contribution >= 4 is 17.1 Å². The van der Waals surface area contributed by atoms with Gasteiger partial charge in [-0.25, -0.2) is 4.98 Å². The van der Waals surface area contributed by atoms with Crippen molar-refractivity contribution in [2.24, 2.45) is 11.7 Å². The fourth-order valence-electron chi connectivity index (χ4n) is 1.59. The predicted octanol–water partition coefficient (Wildman–Crippen LogP) is 2.52. The zero-order valence-corrected chi connectivity index (χ0v) is 11.1. The lowest BCUT2D eigenvalue weighted by atomic mass is 10.0. The number of ketones is 1. The number of thiazole rings is 1. The van der Waals surface area contributed by atoms with Gasteiger partial charge in [-0.2, -0.15) is 0 Å². The molecule has 1 atom stereocenters. The quantitative estimate of drug-likeness (QED) is 0.898. The lowest BCUT2D eigenvalue weighted by Gasteiger charge is -2.04. The number of carbonyl (C=O) groups is 1. The van der Waals surface area contributed by atoms with Crippen LogP contribution < -0.4 is 5.73 Å². The molecule has 18 heavy (non-hydrogen) atoms. The Labute approximate surface area is 111 Å². The van der Waals surface area contributed by atoms with Crippen LogP contribution in [0.5, 0.6) is 0 Å². The molecule has 0 bridgehead atoms. The van der Waals surface area contributed by atoms with Gasteiger partial charge in [-0.3, -0.25) is 4.79 Å². The van der Waals surface area contributed by atoms with Gasteiger partial charge in [0.15, 0.2) is 0 Å². The second-order valence-corrected chi connectivity index (χ2v) is 5.22. The molecule has 4 heteroatoms. The zero-order valence-electron chi connectivity index (χ0n) is 10.3. The topological polar surface area (TPSA) is 56.0 Å². The minimum Gasteiger partial charge on any atom is -0.330 e. The van der Waals surface area contributed by atoms with Crippen LogP contribution in [0.15, 0.2) is 35.7 Å². The third-order valence-electron chi connectivity index (χ3n) is 2.85. The maximum atomic E-state index is 11.8. The molecule has 0 amide bonds. The highest BCUT2D eigenvalue weighted by atomic mass is 32.1. The molecule has 94 valence electrons. The molecule has 1 aromatic carbocycles. The number of hydrogen-bond donors (Lipinski definition) is 1. The number of rotatable bonds is 5. The van der Waals surface area contributed by atoms with Crippen LogP contribution in [0.3, 0.4) is 0 Å². The van der Waals surface area contributed by atoms with Crippen molar-refractivity contribution in [3.8, 4) is 11.3 Å². The van der Waals surface area contributed by atoms with Crippen LogP contribution >= 0.6 is 11.3 Å². The fraction of sp³-hybridized carbons (Fsp3) is 0.286. The first-order valence-electron chi connectivity index (χ1n) is 5.93. The lowest BCUT2D eigenvalue weighted by Crippen LogP contribution is -2.22. The normalized spacial score (nSPS) is 12.3. The first-order chi connectivity index (χ1) is 8.70. The van der Waals surface area contributed by atoms with Gasteiger partial charge in [0.25, 0.3) is 0 Å². The Balaban J connectivity index is 2.10. The maximum absolute atomic E-state index is 11.8. The summed E-state index contributed by atoms with van der Waals surface area (Å²) in [6, 6.07) is 9.97. The van der Waals surface area contributed by atoms with Crippen LogP contribution in [-0.2, 0) is 11.2 Å². The van der Waals surface area contributed by atoms with Gasteiger partial charge in [-0.05, 0) is 0 Å². The van der Waals surface area contributed by atoms with Crippen LogP contribution in [0, 0.1) is 5.92 Å². The summed E-state index contributed by atoms with van der Waals surface area (Å²) in [6.45, 7) is 2.25. The number of hydrogen-bond acceptors (Lipinski definition) is 4. The van der Waals surface area contributed by atoms with Gasteiger partial charge in [0.1, 0.15) is 10.8 Å². The minimum atomic E-state index is -0.0888. The molecule has 0 saturated heterocycles. The molecule has 2 N–H and O–H groups in total. The van der Waals surface area contributed by atoms with E-state index in [-0.39, 0.29) is 11.7 Å². The van der Waals surface area contributed by atoms with Crippen molar-refractivity contribution in [3.05, 3.63) is 40.7 Å². The van der Waals surface area contributed by atoms with E-state index in [4.69, 9.17) is 5.73 Å². The summed E-state index contributed by atoms with van der Waals surface area (Å²) in [4.78, 5) is 16.3. The van der Waals surface area contributed by atoms with Gasteiger partial charge in [-0.15, -0.1) is 11.3 Å². The van der Waals surface area contributed by atoms with E-state index < -0.39 is 0 Å². The van der Waals surface area contributed by atoms with E-state index in [1.165, 1.54) is 11.3 Å². The summed E-state index contributed by atoms with van der Waals surface area (Å²) in [7, 11) is 0. The zero-order chi connectivity index (χ0) is 13.0. The Morgan fingerprint density at radius 1 is 1.39 bits per heavy atom. The largest absolute Gasteiger partial charge is 0.330 e. The molecule has 0 fully saturated rings. The van der Waals surface area contributed by atoms with E-state index in [2.05, 4.69) is 4.98 Å². The van der Waals surface area contributed by atoms with Gasteiger partial charge in [0.2, 0.25) is 0 Å². The van der Waals surface area contributed by atoms with Gasteiger partial charge < -0.3 is 5.73 Å². The number of aromatic nitrogens is 1. The summed E-state index contributed by atoms with van der Waals surface area (Å²) >= 11 is 1.53. The van der Waals surface area contributed by atoms with Gasteiger partial charge in [0.05, 0.1) is 12.1 Å². The van der Waals surface area contributed by atoms with Crippen molar-refractivity contribution in [1.29, 1.82) is 0 Å². The molecule has 1 unspecified atom stereocenters. The van der Waals surface area contributed by atoms with Crippen molar-refractivity contribution in [1.82, 2.24) is 4.98 Å². The number of benzene rings is 1.